The van der Waals surface area contributed by atoms with E-state index in [1.807, 2.05) is 6.92 Å². The van der Waals surface area contributed by atoms with Crippen molar-refractivity contribution in [1.82, 2.24) is 4.90 Å². The van der Waals surface area contributed by atoms with Gasteiger partial charge in [-0.3, -0.25) is 9.59 Å². The van der Waals surface area contributed by atoms with Crippen LogP contribution in [0.25, 0.3) is 0 Å². The standard InChI is InChI=1S/C8H15NO3/c1-3-5-9(2)8(11)4-6-12-7-10/h7H,3-6H2,1-2H3. The van der Waals surface area contributed by atoms with Crippen molar-refractivity contribution in [3.63, 3.8) is 0 Å². The van der Waals surface area contributed by atoms with Crippen LogP contribution in [-0.4, -0.2) is 37.5 Å². The molecule has 4 heteroatoms. The number of carbonyl (C=O) groups is 2. The Bertz CT molecular complexity index is 147. The molecular weight excluding hydrogens is 158 g/mol. The van der Waals surface area contributed by atoms with Gasteiger partial charge in [0, 0.05) is 13.6 Å². The molecule has 0 fully saturated rings. The molecule has 0 unspecified atom stereocenters. The van der Waals surface area contributed by atoms with E-state index in [0.717, 1.165) is 13.0 Å². The minimum Gasteiger partial charge on any atom is -0.467 e. The van der Waals surface area contributed by atoms with E-state index in [9.17, 15) is 9.59 Å². The number of amides is 1. The SMILES string of the molecule is CCCN(C)C(=O)CCOC=O. The maximum Gasteiger partial charge on any atom is 0.293 e. The molecule has 0 aromatic heterocycles. The molecule has 70 valence electrons. The lowest BCUT2D eigenvalue weighted by Gasteiger charge is -2.15. The Hall–Kier alpha value is -1.06. The molecule has 0 saturated heterocycles. The Labute approximate surface area is 72.5 Å². The summed E-state index contributed by atoms with van der Waals surface area (Å²) in [5, 5.41) is 0. The maximum absolute atomic E-state index is 11.1. The number of nitrogens with zero attached hydrogens (tertiary/aromatic N) is 1. The van der Waals surface area contributed by atoms with Crippen molar-refractivity contribution in [2.24, 2.45) is 0 Å². The highest BCUT2D eigenvalue weighted by Crippen LogP contribution is 1.92. The molecule has 0 bridgehead atoms. The molecule has 0 spiro atoms. The molecule has 0 atom stereocenters. The van der Waals surface area contributed by atoms with Gasteiger partial charge in [0.1, 0.15) is 0 Å². The van der Waals surface area contributed by atoms with Gasteiger partial charge in [-0.25, -0.2) is 0 Å². The second kappa shape index (κ2) is 6.64. The molecular formula is C8H15NO3. The van der Waals surface area contributed by atoms with E-state index in [2.05, 4.69) is 4.74 Å². The first-order valence-electron chi connectivity index (χ1n) is 4.01. The van der Waals surface area contributed by atoms with Crippen molar-refractivity contribution < 1.29 is 14.3 Å². The predicted molar refractivity (Wildman–Crippen MR) is 44.6 cm³/mol. The van der Waals surface area contributed by atoms with Crippen LogP contribution in [0.3, 0.4) is 0 Å². The lowest BCUT2D eigenvalue weighted by molar-refractivity contribution is -0.134. The summed E-state index contributed by atoms with van der Waals surface area (Å²) < 4.78 is 4.40. The van der Waals surface area contributed by atoms with E-state index < -0.39 is 0 Å². The lowest BCUT2D eigenvalue weighted by atomic mass is 10.3. The van der Waals surface area contributed by atoms with Crippen LogP contribution >= 0.6 is 0 Å². The largest absolute Gasteiger partial charge is 0.467 e. The highest BCUT2D eigenvalue weighted by Gasteiger charge is 2.06. The molecule has 12 heavy (non-hydrogen) atoms. The van der Waals surface area contributed by atoms with Crippen molar-refractivity contribution in [2.45, 2.75) is 19.8 Å². The van der Waals surface area contributed by atoms with E-state index in [0.29, 0.717) is 6.47 Å². The van der Waals surface area contributed by atoms with Gasteiger partial charge in [-0.2, -0.15) is 0 Å². The van der Waals surface area contributed by atoms with Crippen molar-refractivity contribution in [3.8, 4) is 0 Å². The van der Waals surface area contributed by atoms with E-state index >= 15 is 0 Å². The molecule has 0 aliphatic rings. The van der Waals surface area contributed by atoms with E-state index in [-0.39, 0.29) is 18.9 Å². The Balaban J connectivity index is 3.49. The molecule has 0 N–H and O–H groups in total. The minimum atomic E-state index is 0.0127. The first-order chi connectivity index (χ1) is 5.72. The number of hydrogen-bond donors (Lipinski definition) is 0. The quantitative estimate of drug-likeness (QED) is 0.432. The van der Waals surface area contributed by atoms with Crippen LogP contribution in [0.4, 0.5) is 0 Å². The van der Waals surface area contributed by atoms with Crippen LogP contribution < -0.4 is 0 Å². The second-order valence-electron chi connectivity index (χ2n) is 2.53. The first-order valence-corrected chi connectivity index (χ1v) is 4.01. The van der Waals surface area contributed by atoms with Gasteiger partial charge in [0.2, 0.25) is 5.91 Å². The van der Waals surface area contributed by atoms with E-state index in [4.69, 9.17) is 0 Å². The van der Waals surface area contributed by atoms with Gasteiger partial charge in [0.05, 0.1) is 13.0 Å². The molecule has 0 aliphatic carbocycles. The highest BCUT2D eigenvalue weighted by atomic mass is 16.5. The van der Waals surface area contributed by atoms with Crippen LogP contribution in [0.1, 0.15) is 19.8 Å². The van der Waals surface area contributed by atoms with Crippen molar-refractivity contribution >= 4 is 12.4 Å². The van der Waals surface area contributed by atoms with E-state index in [1.165, 1.54) is 0 Å². The maximum atomic E-state index is 11.1. The first kappa shape index (κ1) is 10.9. The predicted octanol–water partition coefficient (Wildman–Crippen LogP) is 0.418. The summed E-state index contributed by atoms with van der Waals surface area (Å²) in [6, 6.07) is 0. The Morgan fingerprint density at radius 2 is 2.25 bits per heavy atom. The normalized spacial score (nSPS) is 9.17. The molecule has 0 saturated carbocycles. The highest BCUT2D eigenvalue weighted by molar-refractivity contribution is 5.76. The van der Waals surface area contributed by atoms with Crippen molar-refractivity contribution in [2.75, 3.05) is 20.2 Å². The third-order valence-electron chi connectivity index (χ3n) is 1.49. The Morgan fingerprint density at radius 3 is 2.75 bits per heavy atom. The summed E-state index contributed by atoms with van der Waals surface area (Å²) in [7, 11) is 1.74. The fourth-order valence-electron chi connectivity index (χ4n) is 0.845. The van der Waals surface area contributed by atoms with Gasteiger partial charge in [0.25, 0.3) is 6.47 Å². The van der Waals surface area contributed by atoms with Crippen LogP contribution in [0.5, 0.6) is 0 Å². The van der Waals surface area contributed by atoms with Gasteiger partial charge in [-0.15, -0.1) is 0 Å². The smallest absolute Gasteiger partial charge is 0.293 e. The fraction of sp³-hybridized carbons (Fsp3) is 0.750. The minimum absolute atomic E-state index is 0.0127. The topological polar surface area (TPSA) is 46.6 Å². The monoisotopic (exact) mass is 173 g/mol. The lowest BCUT2D eigenvalue weighted by Crippen LogP contribution is -2.28. The average molecular weight is 173 g/mol. The summed E-state index contributed by atoms with van der Waals surface area (Å²) in [6.45, 7) is 3.29. The van der Waals surface area contributed by atoms with Crippen molar-refractivity contribution in [3.05, 3.63) is 0 Å². The summed E-state index contributed by atoms with van der Waals surface area (Å²) in [4.78, 5) is 22.5. The molecule has 1 amide bonds. The van der Waals surface area contributed by atoms with Crippen LogP contribution in [0.2, 0.25) is 0 Å². The summed E-state index contributed by atoms with van der Waals surface area (Å²) in [6.07, 6.45) is 1.21. The van der Waals surface area contributed by atoms with Gasteiger partial charge in [0.15, 0.2) is 0 Å². The zero-order valence-corrected chi connectivity index (χ0v) is 7.58. The number of hydrogen-bond acceptors (Lipinski definition) is 3. The Morgan fingerprint density at radius 1 is 1.58 bits per heavy atom. The Kier molecular flexibility index (Phi) is 6.05. The van der Waals surface area contributed by atoms with Crippen LogP contribution in [0, 0.1) is 0 Å². The second-order valence-corrected chi connectivity index (χ2v) is 2.53. The average Bonchev–Trinajstić information content (AvgIpc) is 2.05. The number of rotatable bonds is 6. The van der Waals surface area contributed by atoms with Gasteiger partial charge >= 0.3 is 0 Å². The van der Waals surface area contributed by atoms with Crippen molar-refractivity contribution in [1.29, 1.82) is 0 Å². The number of ether oxygens (including phenoxy) is 1. The van der Waals surface area contributed by atoms with Crippen LogP contribution in [-0.2, 0) is 14.3 Å². The third kappa shape index (κ3) is 4.71. The molecule has 0 aromatic carbocycles. The molecule has 0 radical (unpaired) electrons. The molecule has 0 aromatic rings. The molecule has 0 rings (SSSR count). The molecule has 4 nitrogen and oxygen atoms in total. The van der Waals surface area contributed by atoms with Crippen LogP contribution in [0.15, 0.2) is 0 Å². The van der Waals surface area contributed by atoms with Gasteiger partial charge in [-0.05, 0) is 6.42 Å². The van der Waals surface area contributed by atoms with E-state index in [1.54, 1.807) is 11.9 Å². The fourth-order valence-corrected chi connectivity index (χ4v) is 0.845. The van der Waals surface area contributed by atoms with Gasteiger partial charge in [-0.1, -0.05) is 6.92 Å². The summed E-state index contributed by atoms with van der Waals surface area (Å²) in [5.74, 6) is 0.0127. The molecule has 0 heterocycles. The zero-order chi connectivity index (χ0) is 9.40. The zero-order valence-electron chi connectivity index (χ0n) is 7.58. The summed E-state index contributed by atoms with van der Waals surface area (Å²) in [5.41, 5.74) is 0. The third-order valence-corrected chi connectivity index (χ3v) is 1.49. The summed E-state index contributed by atoms with van der Waals surface area (Å²) >= 11 is 0. The number of carbonyl (C=O) groups excluding carboxylic acids is 2. The van der Waals surface area contributed by atoms with Gasteiger partial charge < -0.3 is 9.64 Å². The molecule has 0 aliphatic heterocycles.